The zero-order valence-corrected chi connectivity index (χ0v) is 22.0. The lowest BCUT2D eigenvalue weighted by molar-refractivity contribution is -0.117. The quantitative estimate of drug-likeness (QED) is 0.511. The van der Waals surface area contributed by atoms with Gasteiger partial charge in [0.05, 0.1) is 24.7 Å². The van der Waals surface area contributed by atoms with Crippen LogP contribution in [-0.4, -0.2) is 78.9 Å². The molecule has 2 heterocycles. The van der Waals surface area contributed by atoms with Crippen molar-refractivity contribution in [2.24, 2.45) is 4.99 Å². The minimum Gasteiger partial charge on any atom is -0.367 e. The molecule has 1 saturated carbocycles. The maximum absolute atomic E-state index is 13.6. The summed E-state index contributed by atoms with van der Waals surface area (Å²) in [5, 5.41) is 9.96. The SMILES string of the molecule is C=CC(=O)NC1CCC(NC2=NCC3=C2CN(C(=O)N[C@H](CN(C)C)c2ccccc2)C3(C)C)CC1. The van der Waals surface area contributed by atoms with Crippen molar-refractivity contribution >= 4 is 17.8 Å². The van der Waals surface area contributed by atoms with Gasteiger partial charge in [-0.1, -0.05) is 36.9 Å². The molecule has 36 heavy (non-hydrogen) atoms. The smallest absolute Gasteiger partial charge is 0.318 e. The number of nitrogens with one attached hydrogen (secondary N) is 3. The fourth-order valence-corrected chi connectivity index (χ4v) is 5.55. The van der Waals surface area contributed by atoms with Gasteiger partial charge in [-0.3, -0.25) is 9.79 Å². The summed E-state index contributed by atoms with van der Waals surface area (Å²) in [7, 11) is 4.04. The van der Waals surface area contributed by atoms with Crippen LogP contribution in [0.4, 0.5) is 4.79 Å². The van der Waals surface area contributed by atoms with Gasteiger partial charge < -0.3 is 25.8 Å². The van der Waals surface area contributed by atoms with Crippen molar-refractivity contribution in [1.82, 2.24) is 25.8 Å². The summed E-state index contributed by atoms with van der Waals surface area (Å²) in [6, 6.07) is 10.5. The summed E-state index contributed by atoms with van der Waals surface area (Å²) >= 11 is 0. The van der Waals surface area contributed by atoms with Crippen molar-refractivity contribution in [2.45, 2.75) is 63.2 Å². The van der Waals surface area contributed by atoms with Gasteiger partial charge in [0.25, 0.3) is 0 Å². The van der Waals surface area contributed by atoms with Crippen molar-refractivity contribution in [3.05, 3.63) is 59.7 Å². The molecule has 1 fully saturated rings. The number of hydrogen-bond acceptors (Lipinski definition) is 5. The first kappa shape index (κ1) is 25.9. The number of nitrogens with zero attached hydrogens (tertiary/aromatic N) is 3. The number of hydrogen-bond donors (Lipinski definition) is 3. The summed E-state index contributed by atoms with van der Waals surface area (Å²) in [6.45, 7) is 9.66. The van der Waals surface area contributed by atoms with Crippen molar-refractivity contribution in [3.8, 4) is 0 Å². The third kappa shape index (κ3) is 5.64. The fraction of sp³-hybridized carbons (Fsp3) is 0.536. The Balaban J connectivity index is 1.38. The van der Waals surface area contributed by atoms with E-state index in [1.807, 2.05) is 37.2 Å². The highest BCUT2D eigenvalue weighted by atomic mass is 16.2. The lowest BCUT2D eigenvalue weighted by Gasteiger charge is -2.36. The Labute approximate surface area is 214 Å². The van der Waals surface area contributed by atoms with E-state index >= 15 is 0 Å². The second kappa shape index (κ2) is 10.9. The highest BCUT2D eigenvalue weighted by Crippen LogP contribution is 2.38. The summed E-state index contributed by atoms with van der Waals surface area (Å²) < 4.78 is 0. The summed E-state index contributed by atoms with van der Waals surface area (Å²) in [6.07, 6.45) is 5.14. The second-order valence-electron chi connectivity index (χ2n) is 10.8. The van der Waals surface area contributed by atoms with E-state index in [4.69, 9.17) is 4.99 Å². The van der Waals surface area contributed by atoms with E-state index in [-0.39, 0.29) is 24.0 Å². The molecule has 0 spiro atoms. The lowest BCUT2D eigenvalue weighted by atomic mass is 9.90. The molecule has 0 unspecified atom stereocenters. The molecule has 0 saturated heterocycles. The van der Waals surface area contributed by atoms with Crippen molar-refractivity contribution in [2.75, 3.05) is 33.7 Å². The molecule has 1 aliphatic carbocycles. The number of urea groups is 1. The van der Waals surface area contributed by atoms with E-state index in [2.05, 4.69) is 53.4 Å². The molecule has 8 nitrogen and oxygen atoms in total. The molecular formula is C28H40N6O2. The molecule has 3 N–H and O–H groups in total. The van der Waals surface area contributed by atoms with Crippen LogP contribution in [0.15, 0.2) is 59.1 Å². The van der Waals surface area contributed by atoms with Crippen LogP contribution in [0.2, 0.25) is 0 Å². The average molecular weight is 493 g/mol. The van der Waals surface area contributed by atoms with Crippen molar-refractivity contribution in [1.29, 1.82) is 0 Å². The number of carbonyl (C=O) groups excluding carboxylic acids is 2. The third-order valence-corrected chi connectivity index (χ3v) is 7.67. The van der Waals surface area contributed by atoms with Crippen LogP contribution in [0.3, 0.4) is 0 Å². The van der Waals surface area contributed by atoms with Gasteiger partial charge in [-0.25, -0.2) is 4.79 Å². The van der Waals surface area contributed by atoms with E-state index in [0.29, 0.717) is 19.1 Å². The largest absolute Gasteiger partial charge is 0.367 e. The fourth-order valence-electron chi connectivity index (χ4n) is 5.55. The number of rotatable bonds is 7. The third-order valence-electron chi connectivity index (χ3n) is 7.67. The Kier molecular flexibility index (Phi) is 7.83. The van der Waals surface area contributed by atoms with Crippen molar-refractivity contribution in [3.63, 3.8) is 0 Å². The molecule has 2 aliphatic heterocycles. The van der Waals surface area contributed by atoms with Gasteiger partial charge in [-0.05, 0) is 70.8 Å². The van der Waals surface area contributed by atoms with Crippen LogP contribution in [-0.2, 0) is 4.79 Å². The standard InChI is InChI=1S/C28H40N6O2/c1-6-25(35)30-20-12-14-21(15-13-20)31-26-22-17-34(28(2,3)23(22)16-29-26)27(36)32-24(18-33(4)5)19-10-8-7-9-11-19/h6-11,20-21,24H,1,12-18H2,2-5H3,(H,29,31)(H,30,35)(H,32,36)/t20?,21?,24-/m1/s1. The lowest BCUT2D eigenvalue weighted by Crippen LogP contribution is -2.52. The highest BCUT2D eigenvalue weighted by Gasteiger charge is 2.46. The van der Waals surface area contributed by atoms with Crippen LogP contribution in [0.1, 0.15) is 51.1 Å². The van der Waals surface area contributed by atoms with E-state index in [0.717, 1.165) is 49.2 Å². The van der Waals surface area contributed by atoms with E-state index in [9.17, 15) is 9.59 Å². The highest BCUT2D eigenvalue weighted by molar-refractivity contribution is 6.03. The van der Waals surface area contributed by atoms with E-state index in [1.165, 1.54) is 11.6 Å². The second-order valence-corrected chi connectivity index (χ2v) is 10.8. The predicted octanol–water partition coefficient (Wildman–Crippen LogP) is 3.00. The number of amidine groups is 1. The van der Waals surface area contributed by atoms with Crippen LogP contribution in [0.25, 0.3) is 0 Å². The maximum atomic E-state index is 13.6. The summed E-state index contributed by atoms with van der Waals surface area (Å²) in [5.74, 6) is 0.827. The number of benzene rings is 1. The maximum Gasteiger partial charge on any atom is 0.318 e. The monoisotopic (exact) mass is 492 g/mol. The number of carbonyl (C=O) groups is 2. The zero-order valence-electron chi connectivity index (χ0n) is 22.0. The van der Waals surface area contributed by atoms with Crippen LogP contribution >= 0.6 is 0 Å². The minimum atomic E-state index is -0.404. The van der Waals surface area contributed by atoms with Crippen LogP contribution in [0.5, 0.6) is 0 Å². The first-order chi connectivity index (χ1) is 17.2. The number of likely N-dealkylation sites (N-methyl/N-ethyl adjacent to an activating group) is 1. The molecule has 8 heteroatoms. The van der Waals surface area contributed by atoms with Gasteiger partial charge in [-0.2, -0.15) is 0 Å². The molecular weight excluding hydrogens is 452 g/mol. The molecule has 4 rings (SSSR count). The van der Waals surface area contributed by atoms with E-state index in [1.54, 1.807) is 0 Å². The zero-order chi connectivity index (χ0) is 25.9. The van der Waals surface area contributed by atoms with Gasteiger partial charge >= 0.3 is 6.03 Å². The van der Waals surface area contributed by atoms with Gasteiger partial charge in [0.1, 0.15) is 5.84 Å². The molecule has 0 aromatic heterocycles. The number of aliphatic imine (C=N–C) groups is 1. The average Bonchev–Trinajstić information content (AvgIpc) is 3.37. The normalized spacial score (nSPS) is 23.7. The molecule has 3 amide bonds. The van der Waals surface area contributed by atoms with Gasteiger partial charge in [0.2, 0.25) is 5.91 Å². The first-order valence-electron chi connectivity index (χ1n) is 12.9. The molecule has 1 aromatic rings. The molecule has 0 radical (unpaired) electrons. The van der Waals surface area contributed by atoms with Crippen LogP contribution < -0.4 is 16.0 Å². The summed E-state index contributed by atoms with van der Waals surface area (Å²) in [4.78, 5) is 34.0. The Bertz CT molecular complexity index is 1040. The Morgan fingerprint density at radius 1 is 1.17 bits per heavy atom. The van der Waals surface area contributed by atoms with Crippen molar-refractivity contribution < 1.29 is 9.59 Å². The molecule has 1 atom stereocenters. The predicted molar refractivity (Wildman–Crippen MR) is 144 cm³/mol. The Morgan fingerprint density at radius 3 is 2.47 bits per heavy atom. The van der Waals surface area contributed by atoms with Crippen LogP contribution in [0, 0.1) is 0 Å². The molecule has 0 bridgehead atoms. The van der Waals surface area contributed by atoms with Gasteiger partial charge in [0.15, 0.2) is 0 Å². The number of amides is 3. The minimum absolute atomic E-state index is 0.0529. The topological polar surface area (TPSA) is 89.1 Å². The molecule has 3 aliphatic rings. The van der Waals surface area contributed by atoms with E-state index < -0.39 is 5.54 Å². The molecule has 1 aromatic carbocycles. The van der Waals surface area contributed by atoms with Gasteiger partial charge in [0, 0.05) is 24.2 Å². The Hall–Kier alpha value is -3.13. The first-order valence-corrected chi connectivity index (χ1v) is 12.9. The van der Waals surface area contributed by atoms with Gasteiger partial charge in [-0.15, -0.1) is 0 Å². The molecule has 194 valence electrons. The summed E-state index contributed by atoms with van der Waals surface area (Å²) in [5.41, 5.74) is 3.07. The Morgan fingerprint density at radius 2 is 1.83 bits per heavy atom.